The zero-order chi connectivity index (χ0) is 5.91. The van der Waals surface area contributed by atoms with E-state index in [4.69, 9.17) is 5.11 Å². The molecule has 4 heteroatoms. The molecule has 3 N–H and O–H groups in total. The van der Waals surface area contributed by atoms with E-state index in [0.29, 0.717) is 0 Å². The summed E-state index contributed by atoms with van der Waals surface area (Å²) in [5, 5.41) is 18.7. The van der Waals surface area contributed by atoms with Gasteiger partial charge in [0, 0.05) is 0 Å². The number of quaternary nitrogens is 1. The molecule has 0 aliphatic heterocycles. The fraction of sp³-hybridized carbons (Fsp3) is 1.00. The van der Waals surface area contributed by atoms with Gasteiger partial charge in [0.15, 0.2) is 0 Å². The Balaban J connectivity index is 0. The highest BCUT2D eigenvalue weighted by atomic mass is 16.5. The first-order chi connectivity index (χ1) is 3.06. The molecular weight excluding hydrogens is 110 g/mol. The first-order valence-electron chi connectivity index (χ1n) is 2.21. The minimum atomic E-state index is -0.406. The van der Waals surface area contributed by atoms with Crippen LogP contribution in [0.1, 0.15) is 0 Å². The molecule has 0 aliphatic rings. The number of aliphatic hydroxyl groups is 1. The van der Waals surface area contributed by atoms with Crippen molar-refractivity contribution in [2.45, 2.75) is 0 Å². The Morgan fingerprint density at radius 1 is 1.50 bits per heavy atom. The number of aliphatic hydroxyl groups excluding tert-OH is 1. The van der Waals surface area contributed by atoms with Gasteiger partial charge in [-0.15, -0.1) is 0 Å². The summed E-state index contributed by atoms with van der Waals surface area (Å²) in [6, 6.07) is 0. The van der Waals surface area contributed by atoms with Gasteiger partial charge in [-0.3, -0.25) is 0 Å². The molecule has 0 unspecified atom stereocenters. The van der Waals surface area contributed by atoms with Crippen LogP contribution in [-0.4, -0.2) is 42.5 Å². The first kappa shape index (κ1) is 10.8. The lowest BCUT2D eigenvalue weighted by molar-refractivity contribution is -0.840. The monoisotopic (exact) mass is 123 g/mol. The maximum Gasteiger partial charge on any atom is 0.101 e. The number of hydrogen-bond acceptors (Lipinski definition) is 2. The fourth-order valence-electron chi connectivity index (χ4n) is 0.241. The van der Waals surface area contributed by atoms with Gasteiger partial charge in [0.05, 0.1) is 20.7 Å². The van der Waals surface area contributed by atoms with Crippen molar-refractivity contribution in [2.24, 2.45) is 0 Å². The second-order valence-electron chi connectivity index (χ2n) is 2.02. The summed E-state index contributed by atoms with van der Waals surface area (Å²) in [5.74, 6) is 0. The Morgan fingerprint density at radius 3 is 1.88 bits per heavy atom. The lowest BCUT2D eigenvalue weighted by Crippen LogP contribution is -2.34. The van der Waals surface area contributed by atoms with Gasteiger partial charge in [-0.25, -0.2) is 0 Å². The predicted octanol–water partition coefficient (Wildman–Crippen LogP) is -1.27. The topological polar surface area (TPSA) is 74.8 Å². The van der Waals surface area contributed by atoms with Crippen molar-refractivity contribution >= 4 is 0 Å². The third-order valence-corrected chi connectivity index (χ3v) is 0.639. The summed E-state index contributed by atoms with van der Waals surface area (Å²) in [6.45, 7) is 0.247. The molecule has 0 spiro atoms. The van der Waals surface area contributed by atoms with E-state index in [2.05, 4.69) is 0 Å². The number of rotatable bonds is 2. The average molecular weight is 123 g/mol. The molecule has 0 saturated carbocycles. The van der Waals surface area contributed by atoms with Gasteiger partial charge in [-0.05, 0) is 0 Å². The van der Waals surface area contributed by atoms with Crippen LogP contribution in [0.5, 0.6) is 0 Å². The van der Waals surface area contributed by atoms with Gasteiger partial charge in [0.2, 0.25) is 0 Å². The van der Waals surface area contributed by atoms with Crippen LogP contribution in [0.3, 0.4) is 0 Å². The zero-order valence-corrected chi connectivity index (χ0v) is 5.22. The molecule has 8 heavy (non-hydrogen) atoms. The molecule has 52 valence electrons. The fourth-order valence-corrected chi connectivity index (χ4v) is 0.241. The Morgan fingerprint density at radius 2 is 1.88 bits per heavy atom. The largest absolute Gasteiger partial charge is 0.633 e. The van der Waals surface area contributed by atoms with Gasteiger partial charge in [-0.1, -0.05) is 0 Å². The first-order valence-corrected chi connectivity index (χ1v) is 2.21. The molecule has 0 aromatic carbocycles. The smallest absolute Gasteiger partial charge is 0.101 e. The van der Waals surface area contributed by atoms with Crippen molar-refractivity contribution in [3.8, 4) is 0 Å². The summed E-state index contributed by atoms with van der Waals surface area (Å²) >= 11 is 0. The molecule has 0 aromatic heterocycles. The van der Waals surface area contributed by atoms with Gasteiger partial charge in [0.1, 0.15) is 6.54 Å². The molecule has 0 aliphatic carbocycles. The Hall–Kier alpha value is -0.160. The van der Waals surface area contributed by atoms with Gasteiger partial charge in [0.25, 0.3) is 0 Å². The standard InChI is InChI=1S/C4H11NO2.H2O/c1-5(2,7)3-4-6;/h6H,3-4H2,1-2H3;1H2. The van der Waals surface area contributed by atoms with Crippen molar-refractivity contribution in [1.29, 1.82) is 0 Å². The van der Waals surface area contributed by atoms with E-state index in [0.717, 1.165) is 0 Å². The van der Waals surface area contributed by atoms with E-state index in [1.165, 1.54) is 14.1 Å². The molecule has 0 amide bonds. The second kappa shape index (κ2) is 3.80. The van der Waals surface area contributed by atoms with Crippen molar-refractivity contribution in [1.82, 2.24) is 0 Å². The second-order valence-corrected chi connectivity index (χ2v) is 2.02. The summed E-state index contributed by atoms with van der Waals surface area (Å²) in [5.41, 5.74) is 0. The molecular formula is C4H13NO3. The molecule has 0 bridgehead atoms. The molecule has 0 fully saturated rings. The van der Waals surface area contributed by atoms with E-state index < -0.39 is 4.65 Å². The van der Waals surface area contributed by atoms with Crippen LogP contribution in [0, 0.1) is 5.21 Å². The molecule has 0 saturated heterocycles. The van der Waals surface area contributed by atoms with Crippen molar-refractivity contribution < 1.29 is 15.2 Å². The van der Waals surface area contributed by atoms with Crippen LogP contribution in [0.4, 0.5) is 0 Å². The molecule has 0 rings (SSSR count). The molecule has 0 radical (unpaired) electrons. The number of nitrogens with zero attached hydrogens (tertiary/aromatic N) is 1. The van der Waals surface area contributed by atoms with Crippen LogP contribution < -0.4 is 0 Å². The van der Waals surface area contributed by atoms with E-state index in [-0.39, 0.29) is 18.6 Å². The summed E-state index contributed by atoms with van der Waals surface area (Å²) < 4.78 is -0.406. The SMILES string of the molecule is C[N+](C)([O-])CCO.O. The Labute approximate surface area is 48.8 Å². The number of hydroxylamine groups is 3. The third-order valence-electron chi connectivity index (χ3n) is 0.639. The highest BCUT2D eigenvalue weighted by Gasteiger charge is 1.95. The number of likely N-dealkylation sites (N-methyl/N-ethyl adjacent to an activating group) is 1. The lowest BCUT2D eigenvalue weighted by Gasteiger charge is -2.32. The van der Waals surface area contributed by atoms with E-state index in [9.17, 15) is 5.21 Å². The van der Waals surface area contributed by atoms with Crippen molar-refractivity contribution in [3.63, 3.8) is 0 Å². The lowest BCUT2D eigenvalue weighted by atomic mass is 10.6. The minimum absolute atomic E-state index is 0. The van der Waals surface area contributed by atoms with Crippen LogP contribution in [0.25, 0.3) is 0 Å². The third kappa shape index (κ3) is 9.28. The van der Waals surface area contributed by atoms with Crippen molar-refractivity contribution in [3.05, 3.63) is 5.21 Å². The maximum absolute atomic E-state index is 10.5. The molecule has 4 nitrogen and oxygen atoms in total. The summed E-state index contributed by atoms with van der Waals surface area (Å²) in [4.78, 5) is 0. The molecule has 0 aromatic rings. The van der Waals surface area contributed by atoms with Crippen LogP contribution >= 0.6 is 0 Å². The summed E-state index contributed by atoms with van der Waals surface area (Å²) in [7, 11) is 2.99. The van der Waals surface area contributed by atoms with Gasteiger partial charge in [-0.2, -0.15) is 0 Å². The Kier molecular flexibility index (Phi) is 5.10. The van der Waals surface area contributed by atoms with Crippen LogP contribution in [0.2, 0.25) is 0 Å². The average Bonchev–Trinajstić information content (AvgIpc) is 1.30. The van der Waals surface area contributed by atoms with E-state index in [1.807, 2.05) is 0 Å². The minimum Gasteiger partial charge on any atom is -0.633 e. The maximum atomic E-state index is 10.5. The van der Waals surface area contributed by atoms with E-state index in [1.54, 1.807) is 0 Å². The van der Waals surface area contributed by atoms with Crippen molar-refractivity contribution in [2.75, 3.05) is 27.2 Å². The van der Waals surface area contributed by atoms with E-state index >= 15 is 0 Å². The van der Waals surface area contributed by atoms with Gasteiger partial charge < -0.3 is 20.4 Å². The van der Waals surface area contributed by atoms with Crippen LogP contribution in [0.15, 0.2) is 0 Å². The summed E-state index contributed by atoms with van der Waals surface area (Å²) in [6.07, 6.45) is 0. The molecule has 0 heterocycles. The van der Waals surface area contributed by atoms with Gasteiger partial charge >= 0.3 is 0 Å². The quantitative estimate of drug-likeness (QED) is 0.367. The van der Waals surface area contributed by atoms with Crippen LogP contribution in [-0.2, 0) is 0 Å². The highest BCUT2D eigenvalue weighted by molar-refractivity contribution is 4.25. The zero-order valence-electron chi connectivity index (χ0n) is 5.22. The highest BCUT2D eigenvalue weighted by Crippen LogP contribution is 1.87. The Bertz CT molecular complexity index is 49.7. The molecule has 0 atom stereocenters. The predicted molar refractivity (Wildman–Crippen MR) is 31.0 cm³/mol. The number of hydrogen-bond donors (Lipinski definition) is 1. The normalized spacial score (nSPS) is 10.5.